The van der Waals surface area contributed by atoms with Crippen molar-refractivity contribution >= 4 is 40.0 Å². The van der Waals surface area contributed by atoms with Crippen LogP contribution in [0.5, 0.6) is 0 Å². The number of carbonyl (C=O) groups is 2. The number of aromatic nitrogens is 1. The number of amides is 1. The first-order valence-corrected chi connectivity index (χ1v) is 10.1. The molecule has 30 heavy (non-hydrogen) atoms. The van der Waals surface area contributed by atoms with E-state index >= 15 is 4.39 Å². The molecule has 2 aliphatic heterocycles. The summed E-state index contributed by atoms with van der Waals surface area (Å²) in [5, 5.41) is 2.62. The summed E-state index contributed by atoms with van der Waals surface area (Å²) in [6, 6.07) is 3.02. The van der Waals surface area contributed by atoms with Crippen molar-refractivity contribution in [2.45, 2.75) is 12.8 Å². The van der Waals surface area contributed by atoms with Gasteiger partial charge in [0.1, 0.15) is 5.69 Å². The largest absolute Gasteiger partial charge is 0.464 e. The first-order valence-electron chi connectivity index (χ1n) is 9.71. The quantitative estimate of drug-likeness (QED) is 0.710. The zero-order chi connectivity index (χ0) is 21.3. The molecule has 7 nitrogen and oxygen atoms in total. The molecule has 3 heterocycles. The van der Waals surface area contributed by atoms with Crippen LogP contribution in [0.15, 0.2) is 30.5 Å². The Morgan fingerprint density at radius 1 is 1.33 bits per heavy atom. The van der Waals surface area contributed by atoms with Gasteiger partial charge in [0, 0.05) is 49.7 Å². The van der Waals surface area contributed by atoms with Crippen molar-refractivity contribution in [3.8, 4) is 0 Å². The smallest absolute Gasteiger partial charge is 0.354 e. The fourth-order valence-electron chi connectivity index (χ4n) is 3.75. The van der Waals surface area contributed by atoms with Gasteiger partial charge in [0.15, 0.2) is 5.82 Å². The number of methoxy groups -OCH3 is 1. The van der Waals surface area contributed by atoms with E-state index in [1.54, 1.807) is 11.0 Å². The van der Waals surface area contributed by atoms with Gasteiger partial charge in [-0.15, -0.1) is 0 Å². The maximum Gasteiger partial charge on any atom is 0.354 e. The Hall–Kier alpha value is -2.84. The molecule has 158 valence electrons. The monoisotopic (exact) mass is 432 g/mol. The number of esters is 1. The second-order valence-electron chi connectivity index (χ2n) is 7.21. The van der Waals surface area contributed by atoms with Gasteiger partial charge in [-0.3, -0.25) is 4.79 Å². The Morgan fingerprint density at radius 3 is 2.90 bits per heavy atom. The van der Waals surface area contributed by atoms with Crippen molar-refractivity contribution in [1.82, 2.24) is 20.3 Å². The van der Waals surface area contributed by atoms with Gasteiger partial charge in [-0.25, -0.2) is 14.6 Å². The molecule has 0 spiro atoms. The maximum atomic E-state index is 15.3. The Morgan fingerprint density at radius 2 is 2.17 bits per heavy atom. The minimum Gasteiger partial charge on any atom is -0.464 e. The van der Waals surface area contributed by atoms with Crippen LogP contribution in [0.4, 0.5) is 4.39 Å². The Kier molecular flexibility index (Phi) is 5.78. The van der Waals surface area contributed by atoms with Gasteiger partial charge in [0.2, 0.25) is 5.91 Å². The average Bonchev–Trinajstić information content (AvgIpc) is 3.44. The summed E-state index contributed by atoms with van der Waals surface area (Å²) in [6.07, 6.45) is 6.84. The molecule has 0 unspecified atom stereocenters. The Labute approximate surface area is 178 Å². The molecule has 1 amide bonds. The number of aromatic amines is 1. The molecule has 1 aromatic heterocycles. The summed E-state index contributed by atoms with van der Waals surface area (Å²) in [5.41, 5.74) is 4.43. The number of ether oxygens (including phenoxy) is 1. The fourth-order valence-corrected chi connectivity index (χ4v) is 4.01. The number of rotatable bonds is 5. The van der Waals surface area contributed by atoms with E-state index in [9.17, 15) is 9.59 Å². The number of halogens is 2. The van der Waals surface area contributed by atoms with Gasteiger partial charge in [0.05, 0.1) is 17.6 Å². The number of hydrazine groups is 1. The lowest BCUT2D eigenvalue weighted by molar-refractivity contribution is -0.131. The van der Waals surface area contributed by atoms with E-state index in [1.165, 1.54) is 13.2 Å². The molecule has 0 atom stereocenters. The lowest BCUT2D eigenvalue weighted by atomic mass is 9.99. The van der Waals surface area contributed by atoms with Gasteiger partial charge < -0.3 is 19.6 Å². The molecular formula is C21H22ClFN4O3. The van der Waals surface area contributed by atoms with Gasteiger partial charge in [-0.05, 0) is 24.1 Å². The van der Waals surface area contributed by atoms with Crippen molar-refractivity contribution in [2.75, 3.05) is 33.3 Å². The third-order valence-electron chi connectivity index (χ3n) is 5.32. The molecule has 9 heteroatoms. The average molecular weight is 433 g/mol. The van der Waals surface area contributed by atoms with E-state index in [0.717, 1.165) is 6.54 Å². The first-order chi connectivity index (χ1) is 14.5. The molecule has 1 aromatic carbocycles. The van der Waals surface area contributed by atoms with Crippen molar-refractivity contribution < 1.29 is 18.7 Å². The third-order valence-corrected chi connectivity index (χ3v) is 5.63. The highest BCUT2D eigenvalue weighted by atomic mass is 35.5. The molecule has 2 aromatic rings. The number of fused-ring (bicyclic) bond motifs is 1. The topological polar surface area (TPSA) is 77.7 Å². The number of H-pyrrole nitrogens is 1. The standard InChI is InChI=1S/C21H22ClFN4O3/c1-30-21(29)17-11-15-16(22)10-14(19(23)20(15)25-17)13-4-2-7-26(12-13)18(28)5-9-27-8-3-6-24-27/h3-4,8,10-11,24-25H,2,5-7,9,12H2,1H3. The van der Waals surface area contributed by atoms with Crippen LogP contribution in [0, 0.1) is 5.82 Å². The van der Waals surface area contributed by atoms with Crippen molar-refractivity contribution in [3.05, 3.63) is 52.6 Å². The zero-order valence-electron chi connectivity index (χ0n) is 16.5. The first kappa shape index (κ1) is 20.4. The Balaban J connectivity index is 1.54. The predicted octanol–water partition coefficient (Wildman–Crippen LogP) is 3.09. The molecule has 0 saturated carbocycles. The maximum absolute atomic E-state index is 15.3. The summed E-state index contributed by atoms with van der Waals surface area (Å²) in [5.74, 6) is -1.08. The summed E-state index contributed by atoms with van der Waals surface area (Å²) in [7, 11) is 1.26. The van der Waals surface area contributed by atoms with E-state index in [1.807, 2.05) is 23.4 Å². The normalized spacial score (nSPS) is 16.3. The van der Waals surface area contributed by atoms with E-state index in [4.69, 9.17) is 11.6 Å². The summed E-state index contributed by atoms with van der Waals surface area (Å²) in [4.78, 5) is 28.9. The van der Waals surface area contributed by atoms with Crippen LogP contribution in [-0.4, -0.2) is 60.1 Å². The second kappa shape index (κ2) is 8.49. The predicted molar refractivity (Wildman–Crippen MR) is 112 cm³/mol. The van der Waals surface area contributed by atoms with Crippen molar-refractivity contribution in [3.63, 3.8) is 0 Å². The van der Waals surface area contributed by atoms with Crippen LogP contribution >= 0.6 is 11.6 Å². The van der Waals surface area contributed by atoms with E-state index in [-0.39, 0.29) is 17.1 Å². The van der Waals surface area contributed by atoms with Crippen molar-refractivity contribution in [2.24, 2.45) is 0 Å². The van der Waals surface area contributed by atoms with Gasteiger partial charge in [0.25, 0.3) is 0 Å². The summed E-state index contributed by atoms with van der Waals surface area (Å²) < 4.78 is 20.0. The van der Waals surface area contributed by atoms with Crippen LogP contribution < -0.4 is 5.43 Å². The zero-order valence-corrected chi connectivity index (χ0v) is 17.3. The third kappa shape index (κ3) is 3.93. The molecular weight excluding hydrogens is 411 g/mol. The molecule has 0 aliphatic carbocycles. The highest BCUT2D eigenvalue weighted by molar-refractivity contribution is 6.35. The van der Waals surface area contributed by atoms with E-state index in [2.05, 4.69) is 15.1 Å². The van der Waals surface area contributed by atoms with Gasteiger partial charge >= 0.3 is 5.97 Å². The molecule has 0 bridgehead atoms. The van der Waals surface area contributed by atoms with Crippen LogP contribution in [0.1, 0.15) is 28.9 Å². The van der Waals surface area contributed by atoms with Crippen LogP contribution in [0.25, 0.3) is 16.5 Å². The minimum atomic E-state index is -0.598. The fraction of sp³-hybridized carbons (Fsp3) is 0.333. The van der Waals surface area contributed by atoms with Gasteiger partial charge in [-0.2, -0.15) is 0 Å². The number of hydrogen-bond donors (Lipinski definition) is 2. The molecule has 4 rings (SSSR count). The number of nitrogens with zero attached hydrogens (tertiary/aromatic N) is 2. The molecule has 0 radical (unpaired) electrons. The number of hydrogen-bond acceptors (Lipinski definition) is 5. The second-order valence-corrected chi connectivity index (χ2v) is 7.61. The lowest BCUT2D eigenvalue weighted by Crippen LogP contribution is -2.38. The molecule has 0 fully saturated rings. The van der Waals surface area contributed by atoms with Gasteiger partial charge in [-0.1, -0.05) is 23.8 Å². The van der Waals surface area contributed by atoms with Crippen LogP contribution in [-0.2, 0) is 9.53 Å². The molecule has 2 aliphatic rings. The summed E-state index contributed by atoms with van der Waals surface area (Å²) >= 11 is 6.37. The minimum absolute atomic E-state index is 0.0168. The number of benzene rings is 1. The lowest BCUT2D eigenvalue weighted by Gasteiger charge is -2.28. The highest BCUT2D eigenvalue weighted by Gasteiger charge is 2.24. The van der Waals surface area contributed by atoms with E-state index < -0.39 is 11.8 Å². The van der Waals surface area contributed by atoms with Crippen LogP contribution in [0.3, 0.4) is 0 Å². The number of nitrogens with one attached hydrogen (secondary N) is 2. The number of carbonyl (C=O) groups excluding carboxylic acids is 2. The van der Waals surface area contributed by atoms with E-state index in [0.29, 0.717) is 54.0 Å². The Bertz CT molecular complexity index is 1060. The molecule has 0 saturated heterocycles. The molecule has 2 N–H and O–H groups in total. The highest BCUT2D eigenvalue weighted by Crippen LogP contribution is 2.34. The van der Waals surface area contributed by atoms with Crippen molar-refractivity contribution in [1.29, 1.82) is 0 Å². The van der Waals surface area contributed by atoms with Crippen LogP contribution in [0.2, 0.25) is 5.02 Å². The summed E-state index contributed by atoms with van der Waals surface area (Å²) in [6.45, 7) is 2.25. The SMILES string of the molecule is COC(=O)c1cc2c(Cl)cc(C3=CCCN(C(=O)CCN4C=CCN4)C3)c(F)c2[nH]1.